The Balaban J connectivity index is 3.60. The highest BCUT2D eigenvalue weighted by atomic mass is 35.5. The van der Waals surface area contributed by atoms with E-state index in [1.165, 1.54) is 16.3 Å². The molecule has 0 saturated heterocycles. The van der Waals surface area contributed by atoms with E-state index in [9.17, 15) is 0 Å². The summed E-state index contributed by atoms with van der Waals surface area (Å²) in [5, 5.41) is 2.99. The first kappa shape index (κ1) is 10.1. The Kier molecular flexibility index (Phi) is 2.87. The fourth-order valence-electron chi connectivity index (χ4n) is 1.27. The van der Waals surface area contributed by atoms with E-state index in [4.69, 9.17) is 23.2 Å². The Morgan fingerprint density at radius 1 is 0.833 bits per heavy atom. The molecule has 1 rings (SSSR count). The van der Waals surface area contributed by atoms with E-state index >= 15 is 0 Å². The normalized spacial score (nSPS) is 10.8. The van der Waals surface area contributed by atoms with Crippen LogP contribution in [-0.4, -0.2) is 10.2 Å². The molecule has 0 aromatic heterocycles. The molecule has 0 aliphatic rings. The number of halogens is 2. The minimum Gasteiger partial charge on any atom is -0.0837 e. The van der Waals surface area contributed by atoms with Crippen LogP contribution in [0.5, 0.6) is 0 Å². The van der Waals surface area contributed by atoms with Crippen LogP contribution in [0.1, 0.15) is 16.7 Å². The maximum absolute atomic E-state index is 6.10. The van der Waals surface area contributed by atoms with Gasteiger partial charge >= 0.3 is 0 Å². The molecule has 0 aliphatic heterocycles. The van der Waals surface area contributed by atoms with Gasteiger partial charge in [0.05, 0.1) is 0 Å². The third kappa shape index (κ3) is 1.41. The summed E-state index contributed by atoms with van der Waals surface area (Å²) < 4.78 is 0. The van der Waals surface area contributed by atoms with Crippen molar-refractivity contribution in [1.82, 2.24) is 0 Å². The monoisotopic (exact) mass is 218 g/mol. The Morgan fingerprint density at radius 3 is 1.50 bits per heavy atom. The van der Waals surface area contributed by atoms with Crippen molar-refractivity contribution in [3.05, 3.63) is 26.7 Å². The molecule has 0 nitrogen and oxygen atoms in total. The second-order valence-electron chi connectivity index (χ2n) is 3.13. The van der Waals surface area contributed by atoms with E-state index in [2.05, 4.69) is 13.8 Å². The standard InChI is InChI=1S/C9H12Cl2Si/c1-4-7(10)5(2)9(12)6(3)8(4)11/h1-3,12H3. The maximum atomic E-state index is 6.10. The average Bonchev–Trinajstić information content (AvgIpc) is 2.08. The largest absolute Gasteiger partial charge is 0.0837 e. The minimum absolute atomic E-state index is 0.829. The lowest BCUT2D eigenvalue weighted by molar-refractivity contribution is 1.35. The summed E-state index contributed by atoms with van der Waals surface area (Å²) in [7, 11) is 1.00. The van der Waals surface area contributed by atoms with Crippen LogP contribution in [0, 0.1) is 20.8 Å². The van der Waals surface area contributed by atoms with Crippen molar-refractivity contribution in [3.8, 4) is 0 Å². The summed E-state index contributed by atoms with van der Waals surface area (Å²) in [4.78, 5) is 0. The predicted molar refractivity (Wildman–Crippen MR) is 60.2 cm³/mol. The van der Waals surface area contributed by atoms with E-state index in [1.54, 1.807) is 0 Å². The zero-order valence-electron chi connectivity index (χ0n) is 7.76. The van der Waals surface area contributed by atoms with Gasteiger partial charge in [0.15, 0.2) is 0 Å². The summed E-state index contributed by atoms with van der Waals surface area (Å²) >= 11 is 12.2. The molecule has 0 amide bonds. The highest BCUT2D eigenvalue weighted by Gasteiger charge is 2.10. The Hall–Kier alpha value is 0.0169. The van der Waals surface area contributed by atoms with Gasteiger partial charge in [0.1, 0.15) is 0 Å². The minimum atomic E-state index is 0.829. The number of hydrogen-bond donors (Lipinski definition) is 0. The first-order valence-corrected chi connectivity index (χ1v) is 5.63. The average molecular weight is 219 g/mol. The molecule has 0 spiro atoms. The van der Waals surface area contributed by atoms with Crippen LogP contribution in [-0.2, 0) is 0 Å². The van der Waals surface area contributed by atoms with Crippen LogP contribution in [0.2, 0.25) is 10.0 Å². The first-order valence-electron chi connectivity index (χ1n) is 3.88. The van der Waals surface area contributed by atoms with Gasteiger partial charge in [-0.15, -0.1) is 0 Å². The van der Waals surface area contributed by atoms with Gasteiger partial charge in [0.2, 0.25) is 0 Å². The smallest absolute Gasteiger partial charge is 0.0477 e. The Bertz CT molecular complexity index is 227. The van der Waals surface area contributed by atoms with E-state index in [1.807, 2.05) is 6.92 Å². The van der Waals surface area contributed by atoms with Gasteiger partial charge in [-0.3, -0.25) is 0 Å². The van der Waals surface area contributed by atoms with E-state index < -0.39 is 0 Å². The fraction of sp³-hybridized carbons (Fsp3) is 0.333. The topological polar surface area (TPSA) is 0 Å². The third-order valence-corrected chi connectivity index (χ3v) is 5.08. The summed E-state index contributed by atoms with van der Waals surface area (Å²) in [5.74, 6) is 0. The molecule has 0 N–H and O–H groups in total. The molecule has 0 aliphatic carbocycles. The molecule has 1 aromatic rings. The van der Waals surface area contributed by atoms with E-state index in [0.717, 1.165) is 25.9 Å². The van der Waals surface area contributed by atoms with Crippen LogP contribution >= 0.6 is 23.2 Å². The van der Waals surface area contributed by atoms with Crippen molar-refractivity contribution < 1.29 is 0 Å². The third-order valence-electron chi connectivity index (χ3n) is 2.44. The maximum Gasteiger partial charge on any atom is 0.0477 e. The van der Waals surface area contributed by atoms with Gasteiger partial charge in [-0.1, -0.05) is 28.4 Å². The van der Waals surface area contributed by atoms with Crippen LogP contribution in [0.3, 0.4) is 0 Å². The lowest BCUT2D eigenvalue weighted by atomic mass is 10.1. The lowest BCUT2D eigenvalue weighted by Crippen LogP contribution is -2.13. The van der Waals surface area contributed by atoms with E-state index in [0.29, 0.717) is 0 Å². The number of rotatable bonds is 0. The Labute approximate surface area is 86.3 Å². The van der Waals surface area contributed by atoms with Gasteiger partial charge in [-0.25, -0.2) is 0 Å². The number of benzene rings is 1. The molecule has 66 valence electrons. The highest BCUT2D eigenvalue weighted by Crippen LogP contribution is 2.27. The molecule has 12 heavy (non-hydrogen) atoms. The molecular weight excluding hydrogens is 207 g/mol. The van der Waals surface area contributed by atoms with Crippen molar-refractivity contribution in [1.29, 1.82) is 0 Å². The molecule has 0 unspecified atom stereocenters. The van der Waals surface area contributed by atoms with Crippen LogP contribution in [0.25, 0.3) is 0 Å². The molecule has 0 radical (unpaired) electrons. The van der Waals surface area contributed by atoms with Crippen LogP contribution < -0.4 is 5.19 Å². The molecule has 0 saturated carbocycles. The van der Waals surface area contributed by atoms with Crippen molar-refractivity contribution >= 4 is 38.6 Å². The second-order valence-corrected chi connectivity index (χ2v) is 4.88. The van der Waals surface area contributed by atoms with Crippen molar-refractivity contribution in [3.63, 3.8) is 0 Å². The van der Waals surface area contributed by atoms with Crippen molar-refractivity contribution in [2.75, 3.05) is 0 Å². The SMILES string of the molecule is Cc1c([SiH3])c(C)c(Cl)c(C)c1Cl. The quantitative estimate of drug-likeness (QED) is 0.585. The van der Waals surface area contributed by atoms with E-state index in [-0.39, 0.29) is 0 Å². The second kappa shape index (κ2) is 3.41. The lowest BCUT2D eigenvalue weighted by Gasteiger charge is -2.12. The predicted octanol–water partition coefficient (Wildman–Crippen LogP) is 1.91. The van der Waals surface area contributed by atoms with Gasteiger partial charge < -0.3 is 0 Å². The number of hydrogen-bond acceptors (Lipinski definition) is 0. The zero-order valence-corrected chi connectivity index (χ0v) is 11.3. The zero-order chi connectivity index (χ0) is 9.46. The summed E-state index contributed by atoms with van der Waals surface area (Å²) in [6.07, 6.45) is 0. The molecular formula is C9H12Cl2Si. The van der Waals surface area contributed by atoms with Gasteiger partial charge in [0, 0.05) is 20.3 Å². The van der Waals surface area contributed by atoms with Crippen molar-refractivity contribution in [2.24, 2.45) is 0 Å². The van der Waals surface area contributed by atoms with Crippen LogP contribution in [0.4, 0.5) is 0 Å². The van der Waals surface area contributed by atoms with Crippen LogP contribution in [0.15, 0.2) is 0 Å². The molecule has 0 heterocycles. The van der Waals surface area contributed by atoms with Crippen molar-refractivity contribution in [2.45, 2.75) is 20.8 Å². The Morgan fingerprint density at radius 2 is 1.17 bits per heavy atom. The van der Waals surface area contributed by atoms with Gasteiger partial charge in [0.25, 0.3) is 0 Å². The summed E-state index contributed by atoms with van der Waals surface area (Å²) in [5.41, 5.74) is 3.40. The molecule has 0 fully saturated rings. The fourth-order valence-corrected chi connectivity index (χ4v) is 2.61. The molecule has 1 aromatic carbocycles. The van der Waals surface area contributed by atoms with Gasteiger partial charge in [-0.05, 0) is 37.5 Å². The summed E-state index contributed by atoms with van der Waals surface area (Å²) in [6, 6.07) is 0. The molecule has 0 bridgehead atoms. The first-order chi connectivity index (χ1) is 5.46. The molecule has 0 atom stereocenters. The molecule has 3 heteroatoms. The highest BCUT2D eigenvalue weighted by molar-refractivity contribution is 6.43. The van der Waals surface area contributed by atoms with Gasteiger partial charge in [-0.2, -0.15) is 0 Å². The summed E-state index contributed by atoms with van der Waals surface area (Å²) in [6.45, 7) is 6.08.